The Labute approximate surface area is 123 Å². The second-order valence-corrected chi connectivity index (χ2v) is 5.81. The van der Waals surface area contributed by atoms with Crippen LogP contribution in [0.3, 0.4) is 0 Å². The largest absolute Gasteiger partial charge is 0.409 e. The zero-order valence-corrected chi connectivity index (χ0v) is 12.1. The van der Waals surface area contributed by atoms with Crippen molar-refractivity contribution in [3.63, 3.8) is 0 Å². The van der Waals surface area contributed by atoms with E-state index in [4.69, 9.17) is 22.5 Å². The van der Waals surface area contributed by atoms with Gasteiger partial charge in [0.1, 0.15) is 0 Å². The predicted molar refractivity (Wildman–Crippen MR) is 80.8 cm³/mol. The molecule has 6 heteroatoms. The topological polar surface area (TPSA) is 65.1 Å². The summed E-state index contributed by atoms with van der Waals surface area (Å²) in [6, 6.07) is 6.36. The Morgan fingerprint density at radius 3 is 2.50 bits per heavy atom. The van der Waals surface area contributed by atoms with E-state index in [-0.39, 0.29) is 5.84 Å². The van der Waals surface area contributed by atoms with Crippen LogP contribution in [0.4, 0.5) is 5.69 Å². The maximum absolute atomic E-state index is 8.69. The van der Waals surface area contributed by atoms with Crippen LogP contribution >= 0.6 is 11.6 Å². The molecule has 1 aromatic carbocycles. The van der Waals surface area contributed by atoms with E-state index in [2.05, 4.69) is 15.0 Å². The van der Waals surface area contributed by atoms with Gasteiger partial charge in [-0.15, -0.1) is 0 Å². The molecule has 0 spiro atoms. The fourth-order valence-corrected chi connectivity index (χ4v) is 3.05. The van der Waals surface area contributed by atoms with Crippen molar-refractivity contribution in [1.29, 1.82) is 0 Å². The molecule has 2 fully saturated rings. The Kier molecular flexibility index (Phi) is 3.72. The lowest BCUT2D eigenvalue weighted by molar-refractivity contribution is 0.248. The average molecular weight is 295 g/mol. The van der Waals surface area contributed by atoms with Crippen molar-refractivity contribution >= 4 is 23.1 Å². The summed E-state index contributed by atoms with van der Waals surface area (Å²) in [6.07, 6.45) is 2.71. The molecule has 0 aromatic heterocycles. The zero-order chi connectivity index (χ0) is 14.1. The van der Waals surface area contributed by atoms with Crippen molar-refractivity contribution < 1.29 is 5.21 Å². The van der Waals surface area contributed by atoms with E-state index in [9.17, 15) is 0 Å². The average Bonchev–Trinajstić information content (AvgIpc) is 3.31. The first-order valence-corrected chi connectivity index (χ1v) is 7.33. The molecular formula is C14H19ClN4O. The lowest BCUT2D eigenvalue weighted by Crippen LogP contribution is -2.47. The highest BCUT2D eigenvalue weighted by atomic mass is 35.5. The molecule has 0 atom stereocenters. The van der Waals surface area contributed by atoms with Crippen LogP contribution in [0, 0.1) is 0 Å². The van der Waals surface area contributed by atoms with E-state index < -0.39 is 0 Å². The Bertz CT molecular complexity index is 522. The van der Waals surface area contributed by atoms with Crippen molar-refractivity contribution in [2.45, 2.75) is 18.9 Å². The molecule has 108 valence electrons. The summed E-state index contributed by atoms with van der Waals surface area (Å²) in [5.41, 5.74) is 7.23. The van der Waals surface area contributed by atoms with Gasteiger partial charge in [0.2, 0.25) is 0 Å². The second-order valence-electron chi connectivity index (χ2n) is 5.41. The van der Waals surface area contributed by atoms with E-state index >= 15 is 0 Å². The molecular weight excluding hydrogens is 276 g/mol. The van der Waals surface area contributed by atoms with Gasteiger partial charge >= 0.3 is 0 Å². The van der Waals surface area contributed by atoms with E-state index in [1.54, 1.807) is 6.07 Å². The van der Waals surface area contributed by atoms with Gasteiger partial charge in [-0.2, -0.15) is 0 Å². The molecule has 0 bridgehead atoms. The van der Waals surface area contributed by atoms with Gasteiger partial charge in [-0.3, -0.25) is 4.90 Å². The van der Waals surface area contributed by atoms with Gasteiger partial charge in [-0.25, -0.2) is 0 Å². The normalized spacial score (nSPS) is 21.2. The highest BCUT2D eigenvalue weighted by Crippen LogP contribution is 2.31. The smallest absolute Gasteiger partial charge is 0.170 e. The highest BCUT2D eigenvalue weighted by Gasteiger charge is 2.31. The van der Waals surface area contributed by atoms with E-state index in [0.717, 1.165) is 37.9 Å². The van der Waals surface area contributed by atoms with Crippen LogP contribution in [0.25, 0.3) is 0 Å². The maximum atomic E-state index is 8.69. The van der Waals surface area contributed by atoms with Crippen molar-refractivity contribution in [3.05, 3.63) is 28.8 Å². The van der Waals surface area contributed by atoms with Crippen molar-refractivity contribution in [1.82, 2.24) is 4.90 Å². The van der Waals surface area contributed by atoms with Gasteiger partial charge in [0.15, 0.2) is 5.84 Å². The van der Waals surface area contributed by atoms with Gasteiger partial charge < -0.3 is 15.8 Å². The summed E-state index contributed by atoms with van der Waals surface area (Å²) in [5.74, 6) is 0.0806. The first-order valence-electron chi connectivity index (χ1n) is 6.95. The third kappa shape index (κ3) is 2.69. The molecule has 1 heterocycles. The molecule has 5 nitrogen and oxygen atoms in total. The third-order valence-electron chi connectivity index (χ3n) is 4.07. The number of oxime groups is 1. The summed E-state index contributed by atoms with van der Waals surface area (Å²) in [6.45, 7) is 4.20. The molecule has 0 amide bonds. The van der Waals surface area contributed by atoms with Crippen LogP contribution in [-0.2, 0) is 0 Å². The molecule has 3 rings (SSSR count). The summed E-state index contributed by atoms with van der Waals surface area (Å²) in [7, 11) is 0. The molecule has 1 saturated heterocycles. The first-order chi connectivity index (χ1) is 9.69. The number of nitrogens with two attached hydrogens (primary N) is 1. The molecule has 1 aromatic rings. The van der Waals surface area contributed by atoms with Crippen molar-refractivity contribution in [3.8, 4) is 0 Å². The van der Waals surface area contributed by atoms with Crippen LogP contribution in [0.1, 0.15) is 18.4 Å². The number of halogens is 1. The van der Waals surface area contributed by atoms with Gasteiger partial charge in [0.05, 0.1) is 10.7 Å². The van der Waals surface area contributed by atoms with Crippen LogP contribution in [0.5, 0.6) is 0 Å². The Hall–Kier alpha value is -1.46. The van der Waals surface area contributed by atoms with Gasteiger partial charge in [0.25, 0.3) is 0 Å². The minimum absolute atomic E-state index is 0.0806. The standard InChI is InChI=1S/C14H19ClN4O/c15-12-9-10(14(16)17-20)1-4-13(12)19-7-5-18(6-8-19)11-2-3-11/h1,4,9,11,20H,2-3,5-8H2,(H2,16,17). The van der Waals surface area contributed by atoms with Gasteiger partial charge in [0, 0.05) is 37.8 Å². The molecule has 20 heavy (non-hydrogen) atoms. The lowest BCUT2D eigenvalue weighted by atomic mass is 10.1. The molecule has 2 aliphatic rings. The minimum atomic E-state index is 0.0806. The van der Waals surface area contributed by atoms with Crippen LogP contribution in [0.15, 0.2) is 23.4 Å². The fourth-order valence-electron chi connectivity index (χ4n) is 2.75. The number of piperazine rings is 1. The van der Waals surface area contributed by atoms with Crippen molar-refractivity contribution in [2.75, 3.05) is 31.1 Å². The first kappa shape index (κ1) is 13.5. The lowest BCUT2D eigenvalue weighted by Gasteiger charge is -2.36. The molecule has 1 aliphatic heterocycles. The number of hydrogen-bond donors (Lipinski definition) is 2. The highest BCUT2D eigenvalue weighted by molar-refractivity contribution is 6.33. The Morgan fingerprint density at radius 2 is 1.95 bits per heavy atom. The maximum Gasteiger partial charge on any atom is 0.170 e. The third-order valence-corrected chi connectivity index (χ3v) is 4.37. The van der Waals surface area contributed by atoms with Gasteiger partial charge in [-0.1, -0.05) is 16.8 Å². The van der Waals surface area contributed by atoms with E-state index in [0.29, 0.717) is 10.6 Å². The Balaban J connectivity index is 1.71. The molecule has 0 unspecified atom stereocenters. The Morgan fingerprint density at radius 1 is 1.25 bits per heavy atom. The SMILES string of the molecule is NC(=NO)c1ccc(N2CCN(C3CC3)CC2)c(Cl)c1. The summed E-state index contributed by atoms with van der Waals surface area (Å²) in [5, 5.41) is 12.3. The number of hydrogen-bond acceptors (Lipinski definition) is 4. The van der Waals surface area contributed by atoms with Crippen LogP contribution in [-0.4, -0.2) is 48.2 Å². The summed E-state index contributed by atoms with van der Waals surface area (Å²) < 4.78 is 0. The fraction of sp³-hybridized carbons (Fsp3) is 0.500. The minimum Gasteiger partial charge on any atom is -0.409 e. The van der Waals surface area contributed by atoms with E-state index in [1.807, 2.05) is 12.1 Å². The second kappa shape index (κ2) is 5.50. The number of anilines is 1. The summed E-state index contributed by atoms with van der Waals surface area (Å²) >= 11 is 6.33. The molecule has 0 radical (unpaired) electrons. The monoisotopic (exact) mass is 294 g/mol. The summed E-state index contributed by atoms with van der Waals surface area (Å²) in [4.78, 5) is 4.87. The number of amidine groups is 1. The van der Waals surface area contributed by atoms with Crippen LogP contribution < -0.4 is 10.6 Å². The quantitative estimate of drug-likeness (QED) is 0.386. The molecule has 1 saturated carbocycles. The number of rotatable bonds is 3. The molecule has 3 N–H and O–H groups in total. The zero-order valence-electron chi connectivity index (χ0n) is 11.3. The molecule has 1 aliphatic carbocycles. The number of nitrogens with zero attached hydrogens (tertiary/aromatic N) is 3. The predicted octanol–water partition coefficient (Wildman–Crippen LogP) is 1.72. The number of benzene rings is 1. The van der Waals surface area contributed by atoms with Crippen molar-refractivity contribution in [2.24, 2.45) is 10.9 Å². The van der Waals surface area contributed by atoms with Crippen LogP contribution in [0.2, 0.25) is 5.02 Å². The van der Waals surface area contributed by atoms with E-state index in [1.165, 1.54) is 12.8 Å². The van der Waals surface area contributed by atoms with Gasteiger partial charge in [-0.05, 0) is 31.0 Å².